The first-order valence-corrected chi connectivity index (χ1v) is 6.66. The Hall–Kier alpha value is -2.54. The van der Waals surface area contributed by atoms with Crippen LogP contribution in [0.4, 0.5) is 0 Å². The van der Waals surface area contributed by atoms with Crippen LogP contribution >= 0.6 is 0 Å². The second-order valence-corrected chi connectivity index (χ2v) is 4.65. The smallest absolute Gasteiger partial charge is 0.0830 e. The average Bonchev–Trinajstić information content (AvgIpc) is 2.53. The van der Waals surface area contributed by atoms with E-state index in [0.29, 0.717) is 0 Å². The molecule has 0 saturated carbocycles. The van der Waals surface area contributed by atoms with Crippen LogP contribution in [-0.2, 0) is 4.74 Å². The lowest BCUT2D eigenvalue weighted by atomic mass is 9.95. The molecule has 0 bridgehead atoms. The fourth-order valence-corrected chi connectivity index (χ4v) is 2.49. The van der Waals surface area contributed by atoms with Gasteiger partial charge in [-0.2, -0.15) is 0 Å². The molecule has 0 heterocycles. The number of benzene rings is 3. The van der Waals surface area contributed by atoms with Crippen molar-refractivity contribution in [2.24, 2.45) is 0 Å². The second-order valence-electron chi connectivity index (χ2n) is 4.65. The molecule has 0 aliphatic heterocycles. The van der Waals surface area contributed by atoms with Crippen LogP contribution in [0.15, 0.2) is 73.0 Å². The number of methoxy groups -OCH3 is 1. The van der Waals surface area contributed by atoms with Gasteiger partial charge in [0.15, 0.2) is 0 Å². The van der Waals surface area contributed by atoms with Gasteiger partial charge >= 0.3 is 0 Å². The topological polar surface area (TPSA) is 9.23 Å². The molecule has 0 aliphatic carbocycles. The van der Waals surface area contributed by atoms with E-state index >= 15 is 0 Å². The standard InChI is InChI=1S/C19H16O/c1-20-14-13-16-8-3-5-11-18(16)19-12-6-9-15-7-2-4-10-17(15)19/h2-14H,1H3/b14-13+. The lowest BCUT2D eigenvalue weighted by Gasteiger charge is -2.10. The Bertz CT molecular complexity index is 751. The van der Waals surface area contributed by atoms with E-state index in [0.717, 1.165) is 5.56 Å². The van der Waals surface area contributed by atoms with E-state index in [4.69, 9.17) is 4.74 Å². The van der Waals surface area contributed by atoms with Gasteiger partial charge in [-0.05, 0) is 33.5 Å². The molecule has 0 atom stereocenters. The van der Waals surface area contributed by atoms with Gasteiger partial charge in [-0.3, -0.25) is 0 Å². The average molecular weight is 260 g/mol. The van der Waals surface area contributed by atoms with Crippen LogP contribution in [0.1, 0.15) is 5.56 Å². The first-order chi connectivity index (χ1) is 9.90. The molecule has 20 heavy (non-hydrogen) atoms. The summed E-state index contributed by atoms with van der Waals surface area (Å²) in [7, 11) is 1.66. The summed E-state index contributed by atoms with van der Waals surface area (Å²) in [5.74, 6) is 0. The lowest BCUT2D eigenvalue weighted by molar-refractivity contribution is 0.341. The van der Waals surface area contributed by atoms with E-state index in [1.54, 1.807) is 13.4 Å². The van der Waals surface area contributed by atoms with Crippen LogP contribution < -0.4 is 0 Å². The summed E-state index contributed by atoms with van der Waals surface area (Å²) in [5, 5.41) is 2.53. The normalized spacial score (nSPS) is 11.1. The summed E-state index contributed by atoms with van der Waals surface area (Å²) in [5.41, 5.74) is 3.63. The van der Waals surface area contributed by atoms with Crippen molar-refractivity contribution in [1.29, 1.82) is 0 Å². The van der Waals surface area contributed by atoms with E-state index in [2.05, 4.69) is 60.7 Å². The maximum Gasteiger partial charge on any atom is 0.0830 e. The quantitative estimate of drug-likeness (QED) is 0.594. The van der Waals surface area contributed by atoms with Gasteiger partial charge in [0.05, 0.1) is 13.4 Å². The van der Waals surface area contributed by atoms with Gasteiger partial charge in [-0.25, -0.2) is 0 Å². The van der Waals surface area contributed by atoms with Crippen molar-refractivity contribution in [2.75, 3.05) is 7.11 Å². The third-order valence-electron chi connectivity index (χ3n) is 3.42. The summed E-state index contributed by atoms with van der Waals surface area (Å²) in [4.78, 5) is 0. The molecule has 0 spiro atoms. The number of rotatable bonds is 3. The van der Waals surface area contributed by atoms with Gasteiger partial charge in [-0.1, -0.05) is 66.7 Å². The van der Waals surface area contributed by atoms with Gasteiger partial charge in [-0.15, -0.1) is 0 Å². The van der Waals surface area contributed by atoms with Crippen molar-refractivity contribution in [3.63, 3.8) is 0 Å². The van der Waals surface area contributed by atoms with Gasteiger partial charge in [0.25, 0.3) is 0 Å². The highest BCUT2D eigenvalue weighted by atomic mass is 16.5. The van der Waals surface area contributed by atoms with Crippen molar-refractivity contribution in [2.45, 2.75) is 0 Å². The van der Waals surface area contributed by atoms with Crippen molar-refractivity contribution in [3.05, 3.63) is 78.6 Å². The summed E-state index contributed by atoms with van der Waals surface area (Å²) >= 11 is 0. The molecule has 0 saturated heterocycles. The largest absolute Gasteiger partial charge is 0.504 e. The molecule has 0 fully saturated rings. The molecule has 3 aromatic rings. The predicted molar refractivity (Wildman–Crippen MR) is 85.4 cm³/mol. The van der Waals surface area contributed by atoms with Crippen molar-refractivity contribution < 1.29 is 4.74 Å². The van der Waals surface area contributed by atoms with Crippen molar-refractivity contribution in [3.8, 4) is 11.1 Å². The van der Waals surface area contributed by atoms with Gasteiger partial charge in [0, 0.05) is 0 Å². The second kappa shape index (κ2) is 5.62. The first kappa shape index (κ1) is 12.5. The molecule has 3 aromatic carbocycles. The summed E-state index contributed by atoms with van der Waals surface area (Å²) in [6, 6.07) is 23.3. The minimum absolute atomic E-state index is 1.16. The zero-order valence-electron chi connectivity index (χ0n) is 11.4. The molecule has 0 amide bonds. The van der Waals surface area contributed by atoms with Crippen LogP contribution in [-0.4, -0.2) is 7.11 Å². The molecule has 3 rings (SSSR count). The van der Waals surface area contributed by atoms with E-state index in [1.165, 1.54) is 21.9 Å². The molecule has 0 N–H and O–H groups in total. The van der Waals surface area contributed by atoms with Gasteiger partial charge in [0.2, 0.25) is 0 Å². The van der Waals surface area contributed by atoms with E-state index < -0.39 is 0 Å². The highest BCUT2D eigenvalue weighted by Crippen LogP contribution is 2.31. The molecular weight excluding hydrogens is 244 g/mol. The molecule has 0 unspecified atom stereocenters. The summed E-state index contributed by atoms with van der Waals surface area (Å²) in [6.45, 7) is 0. The van der Waals surface area contributed by atoms with Crippen LogP contribution in [0.25, 0.3) is 28.0 Å². The molecular formula is C19H16O. The number of hydrogen-bond acceptors (Lipinski definition) is 1. The minimum Gasteiger partial charge on any atom is -0.504 e. The third-order valence-corrected chi connectivity index (χ3v) is 3.42. The van der Waals surface area contributed by atoms with E-state index in [9.17, 15) is 0 Å². The number of ether oxygens (including phenoxy) is 1. The Labute approximate surface area is 119 Å². The van der Waals surface area contributed by atoms with Gasteiger partial charge in [0.1, 0.15) is 0 Å². The lowest BCUT2D eigenvalue weighted by Crippen LogP contribution is -1.85. The molecule has 98 valence electrons. The first-order valence-electron chi connectivity index (χ1n) is 6.66. The Morgan fingerprint density at radius 3 is 2.35 bits per heavy atom. The Morgan fingerprint density at radius 1 is 0.750 bits per heavy atom. The Morgan fingerprint density at radius 2 is 1.45 bits per heavy atom. The maximum atomic E-state index is 5.04. The molecule has 0 aromatic heterocycles. The highest BCUT2D eigenvalue weighted by molar-refractivity contribution is 5.98. The molecule has 0 radical (unpaired) electrons. The van der Waals surface area contributed by atoms with Crippen molar-refractivity contribution in [1.82, 2.24) is 0 Å². The zero-order chi connectivity index (χ0) is 13.8. The monoisotopic (exact) mass is 260 g/mol. The summed E-state index contributed by atoms with van der Waals surface area (Å²) in [6.07, 6.45) is 3.71. The van der Waals surface area contributed by atoms with Gasteiger partial charge < -0.3 is 4.74 Å². The van der Waals surface area contributed by atoms with Crippen LogP contribution in [0.5, 0.6) is 0 Å². The number of hydrogen-bond donors (Lipinski definition) is 0. The third kappa shape index (κ3) is 2.30. The Balaban J connectivity index is 2.24. The zero-order valence-corrected chi connectivity index (χ0v) is 11.4. The molecule has 0 aliphatic rings. The molecule has 1 heteroatoms. The van der Waals surface area contributed by atoms with Crippen LogP contribution in [0, 0.1) is 0 Å². The highest BCUT2D eigenvalue weighted by Gasteiger charge is 2.06. The van der Waals surface area contributed by atoms with E-state index in [1.807, 2.05) is 12.1 Å². The van der Waals surface area contributed by atoms with Crippen molar-refractivity contribution >= 4 is 16.8 Å². The number of fused-ring (bicyclic) bond motifs is 1. The Kier molecular flexibility index (Phi) is 3.51. The predicted octanol–water partition coefficient (Wildman–Crippen LogP) is 5.12. The SMILES string of the molecule is CO/C=C/c1ccccc1-c1cccc2ccccc12. The molecule has 1 nitrogen and oxygen atoms in total. The van der Waals surface area contributed by atoms with Crippen LogP contribution in [0.3, 0.4) is 0 Å². The fourth-order valence-electron chi connectivity index (χ4n) is 2.49. The van der Waals surface area contributed by atoms with E-state index in [-0.39, 0.29) is 0 Å². The minimum atomic E-state index is 1.16. The van der Waals surface area contributed by atoms with Crippen LogP contribution in [0.2, 0.25) is 0 Å². The maximum absolute atomic E-state index is 5.04. The fraction of sp³-hybridized carbons (Fsp3) is 0.0526. The summed E-state index contributed by atoms with van der Waals surface area (Å²) < 4.78 is 5.04.